The van der Waals surface area contributed by atoms with Gasteiger partial charge in [0.15, 0.2) is 11.0 Å². The minimum atomic E-state index is -0.348. The van der Waals surface area contributed by atoms with E-state index in [0.29, 0.717) is 28.8 Å². The number of carbonyl (C=O) groups is 1. The van der Waals surface area contributed by atoms with Gasteiger partial charge in [-0.15, -0.1) is 16.8 Å². The van der Waals surface area contributed by atoms with Crippen molar-refractivity contribution in [2.75, 3.05) is 5.75 Å². The Morgan fingerprint density at radius 3 is 2.67 bits per heavy atom. The predicted octanol–water partition coefficient (Wildman–Crippen LogP) is 4.15. The summed E-state index contributed by atoms with van der Waals surface area (Å²) in [6, 6.07) is 7.01. The van der Waals surface area contributed by atoms with Gasteiger partial charge in [-0.05, 0) is 45.2 Å². The Morgan fingerprint density at radius 1 is 1.30 bits per heavy atom. The van der Waals surface area contributed by atoms with Crippen LogP contribution in [0.4, 0.5) is 4.39 Å². The lowest BCUT2D eigenvalue weighted by molar-refractivity contribution is -0.134. The minimum absolute atomic E-state index is 0.111. The van der Waals surface area contributed by atoms with Crippen LogP contribution < -0.4 is 0 Å². The van der Waals surface area contributed by atoms with E-state index in [9.17, 15) is 9.18 Å². The monoisotopic (exact) mass is 388 g/mol. The smallest absolute Gasteiger partial charge is 0.233 e. The molecule has 0 radical (unpaired) electrons. The first-order valence-electron chi connectivity index (χ1n) is 9.26. The molecule has 7 heteroatoms. The van der Waals surface area contributed by atoms with Gasteiger partial charge in [-0.2, -0.15) is 0 Å². The van der Waals surface area contributed by atoms with Crippen molar-refractivity contribution in [2.45, 2.75) is 56.9 Å². The highest BCUT2D eigenvalue weighted by atomic mass is 32.2. The Kier molecular flexibility index (Phi) is 6.31. The molecule has 0 spiro atoms. The third kappa shape index (κ3) is 4.24. The maximum atomic E-state index is 14.2. The van der Waals surface area contributed by atoms with E-state index in [2.05, 4.69) is 30.6 Å². The first-order valence-corrected chi connectivity index (χ1v) is 10.2. The molecule has 0 bridgehead atoms. The number of rotatable bonds is 6. The standard InChI is InChI=1S/C20H25FN4OS/c1-4-12-24-19(16-10-5-6-11-17(16)21)22-23-20(24)27-13-18(26)25-14(2)8-7-9-15(25)3/h4-6,10-11,14-15H,1,7-9,12-13H2,2-3H3. The summed E-state index contributed by atoms with van der Waals surface area (Å²) >= 11 is 1.34. The van der Waals surface area contributed by atoms with Crippen molar-refractivity contribution in [3.63, 3.8) is 0 Å². The van der Waals surface area contributed by atoms with Gasteiger partial charge < -0.3 is 4.90 Å². The average Bonchev–Trinajstić information content (AvgIpc) is 3.03. The molecular formula is C20H25FN4OS. The highest BCUT2D eigenvalue weighted by Gasteiger charge is 2.29. The number of amides is 1. The lowest BCUT2D eigenvalue weighted by atomic mass is 9.98. The van der Waals surface area contributed by atoms with Gasteiger partial charge in [0.2, 0.25) is 5.91 Å². The van der Waals surface area contributed by atoms with E-state index in [1.54, 1.807) is 28.8 Å². The summed E-state index contributed by atoms with van der Waals surface area (Å²) in [5.41, 5.74) is 0.392. The maximum absolute atomic E-state index is 14.2. The fraction of sp³-hybridized carbons (Fsp3) is 0.450. The summed E-state index contributed by atoms with van der Waals surface area (Å²) in [6.45, 7) is 8.43. The molecule has 2 unspecified atom stereocenters. The van der Waals surface area contributed by atoms with Gasteiger partial charge >= 0.3 is 0 Å². The van der Waals surface area contributed by atoms with E-state index < -0.39 is 0 Å². The molecular weight excluding hydrogens is 363 g/mol. The molecule has 144 valence electrons. The number of hydrogen-bond acceptors (Lipinski definition) is 4. The first-order chi connectivity index (χ1) is 13.0. The van der Waals surface area contributed by atoms with Crippen molar-refractivity contribution in [1.82, 2.24) is 19.7 Å². The number of aromatic nitrogens is 3. The Morgan fingerprint density at radius 2 is 2.00 bits per heavy atom. The fourth-order valence-electron chi connectivity index (χ4n) is 3.64. The molecule has 1 saturated heterocycles. The number of thioether (sulfide) groups is 1. The molecule has 1 fully saturated rings. The number of likely N-dealkylation sites (tertiary alicyclic amines) is 1. The van der Waals surface area contributed by atoms with E-state index in [4.69, 9.17) is 0 Å². The zero-order chi connectivity index (χ0) is 19.4. The van der Waals surface area contributed by atoms with Crippen LogP contribution in [-0.2, 0) is 11.3 Å². The lowest BCUT2D eigenvalue weighted by Crippen LogP contribution is -2.48. The maximum Gasteiger partial charge on any atom is 0.233 e. The molecule has 3 rings (SSSR count). The molecule has 2 atom stereocenters. The van der Waals surface area contributed by atoms with Gasteiger partial charge in [0.25, 0.3) is 0 Å². The second-order valence-electron chi connectivity index (χ2n) is 6.90. The van der Waals surface area contributed by atoms with Crippen molar-refractivity contribution >= 4 is 17.7 Å². The number of piperidine rings is 1. The molecule has 2 aromatic rings. The van der Waals surface area contributed by atoms with E-state index in [0.717, 1.165) is 12.8 Å². The van der Waals surface area contributed by atoms with Crippen molar-refractivity contribution < 1.29 is 9.18 Å². The number of allylic oxidation sites excluding steroid dienone is 1. The van der Waals surface area contributed by atoms with Crippen LogP contribution in [0.2, 0.25) is 0 Å². The Bertz CT molecular complexity index is 812. The van der Waals surface area contributed by atoms with Crippen LogP contribution in [0.5, 0.6) is 0 Å². The highest BCUT2D eigenvalue weighted by Crippen LogP contribution is 2.28. The Balaban J connectivity index is 1.78. The lowest BCUT2D eigenvalue weighted by Gasteiger charge is -2.39. The largest absolute Gasteiger partial charge is 0.337 e. The number of halogens is 1. The zero-order valence-corrected chi connectivity index (χ0v) is 16.6. The zero-order valence-electron chi connectivity index (χ0n) is 15.8. The number of nitrogens with zero attached hydrogens (tertiary/aromatic N) is 4. The third-order valence-corrected chi connectivity index (χ3v) is 5.90. The fourth-order valence-corrected chi connectivity index (χ4v) is 4.46. The second kappa shape index (κ2) is 8.69. The van der Waals surface area contributed by atoms with Crippen LogP contribution in [0.1, 0.15) is 33.1 Å². The summed E-state index contributed by atoms with van der Waals surface area (Å²) in [7, 11) is 0. The van der Waals surface area contributed by atoms with Gasteiger partial charge in [0.1, 0.15) is 5.82 Å². The molecule has 0 saturated carbocycles. The van der Waals surface area contributed by atoms with E-state index in [1.807, 2.05) is 4.90 Å². The summed E-state index contributed by atoms with van der Waals surface area (Å²) in [5, 5.41) is 8.96. The summed E-state index contributed by atoms with van der Waals surface area (Å²) in [4.78, 5) is 14.7. The normalized spacial score (nSPS) is 19.9. The Hall–Kier alpha value is -2.15. The topological polar surface area (TPSA) is 51.0 Å². The van der Waals surface area contributed by atoms with Gasteiger partial charge in [-0.1, -0.05) is 30.0 Å². The first kappa shape index (κ1) is 19.6. The molecule has 1 aliphatic heterocycles. The molecule has 2 heterocycles. The van der Waals surface area contributed by atoms with E-state index in [-0.39, 0.29) is 23.8 Å². The number of hydrogen-bond donors (Lipinski definition) is 0. The van der Waals surface area contributed by atoms with Crippen LogP contribution in [0.25, 0.3) is 11.4 Å². The van der Waals surface area contributed by atoms with Crippen molar-refractivity contribution in [2.24, 2.45) is 0 Å². The average molecular weight is 389 g/mol. The van der Waals surface area contributed by atoms with Crippen molar-refractivity contribution in [3.05, 3.63) is 42.7 Å². The van der Waals surface area contributed by atoms with Crippen LogP contribution in [-0.4, -0.2) is 43.4 Å². The van der Waals surface area contributed by atoms with Crippen LogP contribution in [0, 0.1) is 5.82 Å². The molecule has 0 N–H and O–H groups in total. The summed E-state index contributed by atoms with van der Waals surface area (Å²) in [5.74, 6) is 0.503. The quantitative estimate of drug-likeness (QED) is 0.551. The van der Waals surface area contributed by atoms with Crippen molar-refractivity contribution in [3.8, 4) is 11.4 Å². The number of benzene rings is 1. The SMILES string of the molecule is C=CCn1c(SCC(=O)N2C(C)CCCC2C)nnc1-c1ccccc1F. The predicted molar refractivity (Wildman–Crippen MR) is 106 cm³/mol. The summed E-state index contributed by atoms with van der Waals surface area (Å²) in [6.07, 6.45) is 4.98. The van der Waals surface area contributed by atoms with Crippen LogP contribution in [0.3, 0.4) is 0 Å². The number of carbonyl (C=O) groups excluding carboxylic acids is 1. The molecule has 27 heavy (non-hydrogen) atoms. The summed E-state index contributed by atoms with van der Waals surface area (Å²) < 4.78 is 16.0. The van der Waals surface area contributed by atoms with E-state index >= 15 is 0 Å². The Labute approximate surface area is 163 Å². The molecule has 1 aliphatic rings. The molecule has 0 aliphatic carbocycles. The molecule has 1 aromatic carbocycles. The van der Waals surface area contributed by atoms with Crippen LogP contribution in [0.15, 0.2) is 42.1 Å². The molecule has 1 amide bonds. The second-order valence-corrected chi connectivity index (χ2v) is 7.85. The van der Waals surface area contributed by atoms with Gasteiger partial charge in [-0.25, -0.2) is 4.39 Å². The van der Waals surface area contributed by atoms with Gasteiger partial charge in [0, 0.05) is 18.6 Å². The minimum Gasteiger partial charge on any atom is -0.337 e. The molecule has 1 aromatic heterocycles. The molecule has 5 nitrogen and oxygen atoms in total. The van der Waals surface area contributed by atoms with Crippen LogP contribution >= 0.6 is 11.8 Å². The van der Waals surface area contributed by atoms with E-state index in [1.165, 1.54) is 24.2 Å². The van der Waals surface area contributed by atoms with Gasteiger partial charge in [-0.3, -0.25) is 9.36 Å². The van der Waals surface area contributed by atoms with Gasteiger partial charge in [0.05, 0.1) is 11.3 Å². The third-order valence-electron chi connectivity index (χ3n) is 4.95. The highest BCUT2D eigenvalue weighted by molar-refractivity contribution is 7.99. The van der Waals surface area contributed by atoms with Crippen molar-refractivity contribution in [1.29, 1.82) is 0 Å².